The highest BCUT2D eigenvalue weighted by atomic mass is 35.5. The van der Waals surface area contributed by atoms with E-state index >= 15 is 0 Å². The third kappa shape index (κ3) is 5.06. The van der Waals surface area contributed by atoms with Crippen LogP contribution in [0.2, 0.25) is 5.02 Å². The van der Waals surface area contributed by atoms with E-state index in [1.165, 1.54) is 4.88 Å². The largest absolute Gasteiger partial charge is 0.507 e. The molecule has 28 heavy (non-hydrogen) atoms. The number of hydrogen-bond acceptors (Lipinski definition) is 4. The highest BCUT2D eigenvalue weighted by Gasteiger charge is 2.19. The number of aryl methyl sites for hydroxylation is 1. The monoisotopic (exact) mass is 416 g/mol. The fourth-order valence-corrected chi connectivity index (χ4v) is 4.57. The highest BCUT2D eigenvalue weighted by molar-refractivity contribution is 7.12. The molecule has 0 aliphatic rings. The molecule has 0 radical (unpaired) electrons. The number of hydrogen-bond donors (Lipinski definition) is 1. The number of halogens is 1. The first kappa shape index (κ1) is 20.7. The summed E-state index contributed by atoms with van der Waals surface area (Å²) < 4.78 is 5.63. The van der Waals surface area contributed by atoms with Gasteiger partial charge in [0.25, 0.3) is 0 Å². The molecule has 3 nitrogen and oxygen atoms in total. The maximum atomic E-state index is 12.6. The summed E-state index contributed by atoms with van der Waals surface area (Å²) in [7, 11) is 0. The maximum absolute atomic E-state index is 12.6. The van der Waals surface area contributed by atoms with Crippen molar-refractivity contribution in [3.05, 3.63) is 84.5 Å². The van der Waals surface area contributed by atoms with Gasteiger partial charge < -0.3 is 9.52 Å². The lowest BCUT2D eigenvalue weighted by Crippen LogP contribution is -2.12. The van der Waals surface area contributed by atoms with E-state index in [4.69, 9.17) is 16.0 Å². The molecule has 148 valence electrons. The molecule has 3 aromatic rings. The fraction of sp³-hybridized carbons (Fsp3) is 0.348. The van der Waals surface area contributed by atoms with Crippen molar-refractivity contribution in [3.63, 3.8) is 0 Å². The van der Waals surface area contributed by atoms with E-state index in [2.05, 4.69) is 13.0 Å². The van der Waals surface area contributed by atoms with Crippen molar-refractivity contribution in [2.45, 2.75) is 51.9 Å². The van der Waals surface area contributed by atoms with Gasteiger partial charge in [-0.25, -0.2) is 4.79 Å². The Morgan fingerprint density at radius 3 is 2.46 bits per heavy atom. The van der Waals surface area contributed by atoms with Gasteiger partial charge in [-0.3, -0.25) is 0 Å². The lowest BCUT2D eigenvalue weighted by molar-refractivity contribution is 0.387. The summed E-state index contributed by atoms with van der Waals surface area (Å²) in [6, 6.07) is 13.4. The smallest absolute Gasteiger partial charge is 0.343 e. The van der Waals surface area contributed by atoms with Crippen LogP contribution < -0.4 is 5.63 Å². The number of aromatic hydroxyl groups is 1. The van der Waals surface area contributed by atoms with Crippen LogP contribution in [0.25, 0.3) is 0 Å². The molecule has 0 bridgehead atoms. The molecule has 0 saturated carbocycles. The average molecular weight is 417 g/mol. The maximum Gasteiger partial charge on any atom is 0.343 e. The summed E-state index contributed by atoms with van der Waals surface area (Å²) in [5.41, 5.74) is 0.995. The van der Waals surface area contributed by atoms with Gasteiger partial charge in [-0.05, 0) is 49.1 Å². The zero-order valence-corrected chi connectivity index (χ0v) is 17.8. The van der Waals surface area contributed by atoms with Gasteiger partial charge in [0.1, 0.15) is 11.5 Å². The lowest BCUT2D eigenvalue weighted by Gasteiger charge is -2.15. The van der Waals surface area contributed by atoms with Crippen LogP contribution in [-0.2, 0) is 19.3 Å². The first-order chi connectivity index (χ1) is 13.5. The van der Waals surface area contributed by atoms with Crippen LogP contribution in [0.15, 0.2) is 51.7 Å². The van der Waals surface area contributed by atoms with E-state index in [9.17, 15) is 9.90 Å². The SMILES string of the molecule is CCCc1ccc(Cc2c(O)cc(C(CC)Cc3ccc(Cl)cc3)oc2=O)s1. The van der Waals surface area contributed by atoms with Crippen LogP contribution in [0, 0.1) is 0 Å². The zero-order chi connectivity index (χ0) is 20.1. The molecule has 0 amide bonds. The first-order valence-electron chi connectivity index (χ1n) is 9.68. The molecule has 3 rings (SSSR count). The third-order valence-electron chi connectivity index (χ3n) is 4.90. The second-order valence-electron chi connectivity index (χ2n) is 7.03. The number of benzene rings is 1. The molecule has 0 aliphatic heterocycles. The Bertz CT molecular complexity index is 972. The third-order valence-corrected chi connectivity index (χ3v) is 6.30. The Morgan fingerprint density at radius 1 is 1.11 bits per heavy atom. The van der Waals surface area contributed by atoms with Crippen molar-refractivity contribution in [3.8, 4) is 5.75 Å². The van der Waals surface area contributed by atoms with Gasteiger partial charge in [0.2, 0.25) is 0 Å². The van der Waals surface area contributed by atoms with Crippen LogP contribution in [0.4, 0.5) is 0 Å². The standard InChI is InChI=1S/C23H25ClO3S/c1-3-5-18-10-11-19(28-18)13-20-21(25)14-22(27-23(20)26)16(4-2)12-15-6-8-17(24)9-7-15/h6-11,14,16,25H,3-5,12-13H2,1-2H3. The van der Waals surface area contributed by atoms with Crippen LogP contribution in [0.3, 0.4) is 0 Å². The Hall–Kier alpha value is -2.04. The van der Waals surface area contributed by atoms with Crippen molar-refractivity contribution >= 4 is 22.9 Å². The normalized spacial score (nSPS) is 12.2. The molecule has 1 atom stereocenters. The molecule has 0 aliphatic carbocycles. The average Bonchev–Trinajstić information content (AvgIpc) is 3.11. The first-order valence-corrected chi connectivity index (χ1v) is 10.9. The summed E-state index contributed by atoms with van der Waals surface area (Å²) in [5, 5.41) is 11.2. The Morgan fingerprint density at radius 2 is 1.82 bits per heavy atom. The second-order valence-corrected chi connectivity index (χ2v) is 8.72. The number of rotatable bonds is 8. The van der Waals surface area contributed by atoms with E-state index in [1.807, 2.05) is 37.3 Å². The van der Waals surface area contributed by atoms with Crippen molar-refractivity contribution in [1.82, 2.24) is 0 Å². The van der Waals surface area contributed by atoms with Crippen molar-refractivity contribution in [1.29, 1.82) is 0 Å². The van der Waals surface area contributed by atoms with Crippen LogP contribution >= 0.6 is 22.9 Å². The summed E-state index contributed by atoms with van der Waals surface area (Å²) >= 11 is 7.64. The highest BCUT2D eigenvalue weighted by Crippen LogP contribution is 2.29. The molecule has 1 unspecified atom stereocenters. The fourth-order valence-electron chi connectivity index (χ4n) is 3.31. The lowest BCUT2D eigenvalue weighted by atomic mass is 9.94. The van der Waals surface area contributed by atoms with Crippen LogP contribution in [0.5, 0.6) is 5.75 Å². The van der Waals surface area contributed by atoms with Gasteiger partial charge in [0, 0.05) is 33.2 Å². The quantitative estimate of drug-likeness (QED) is 0.466. The Kier molecular flexibility index (Phi) is 6.97. The molecule has 0 saturated heterocycles. The molecule has 2 heterocycles. The van der Waals surface area contributed by atoms with Gasteiger partial charge in [0.05, 0.1) is 5.56 Å². The van der Waals surface area contributed by atoms with Gasteiger partial charge in [0.15, 0.2) is 0 Å². The van der Waals surface area contributed by atoms with Gasteiger partial charge in [-0.2, -0.15) is 0 Å². The summed E-state index contributed by atoms with van der Waals surface area (Å²) in [6.45, 7) is 4.19. The van der Waals surface area contributed by atoms with Gasteiger partial charge in [-0.15, -0.1) is 11.3 Å². The molecule has 5 heteroatoms. The predicted octanol–water partition coefficient (Wildman–Crippen LogP) is 6.34. The van der Waals surface area contributed by atoms with Crippen LogP contribution in [-0.4, -0.2) is 5.11 Å². The minimum Gasteiger partial charge on any atom is -0.507 e. The molecule has 1 N–H and O–H groups in total. The van der Waals surface area contributed by atoms with Crippen molar-refractivity contribution < 1.29 is 9.52 Å². The Balaban J connectivity index is 1.81. The molecular formula is C23H25ClO3S. The van der Waals surface area contributed by atoms with E-state index in [-0.39, 0.29) is 11.7 Å². The van der Waals surface area contributed by atoms with E-state index in [0.717, 1.165) is 36.1 Å². The Labute approximate surface area is 174 Å². The van der Waals surface area contributed by atoms with Crippen LogP contribution in [0.1, 0.15) is 59.2 Å². The van der Waals surface area contributed by atoms with Gasteiger partial charge >= 0.3 is 5.63 Å². The molecular weight excluding hydrogens is 392 g/mol. The minimum absolute atomic E-state index is 0.0197. The second kappa shape index (κ2) is 9.44. The molecule has 0 fully saturated rings. The topological polar surface area (TPSA) is 50.4 Å². The van der Waals surface area contributed by atoms with Crippen molar-refractivity contribution in [2.75, 3.05) is 0 Å². The van der Waals surface area contributed by atoms with Gasteiger partial charge in [-0.1, -0.05) is 44.0 Å². The molecule has 1 aromatic carbocycles. The molecule has 2 aromatic heterocycles. The predicted molar refractivity (Wildman–Crippen MR) is 116 cm³/mol. The summed E-state index contributed by atoms with van der Waals surface area (Å²) in [5.74, 6) is 0.569. The van der Waals surface area contributed by atoms with E-state index in [0.29, 0.717) is 22.8 Å². The van der Waals surface area contributed by atoms with E-state index in [1.54, 1.807) is 17.4 Å². The summed E-state index contributed by atoms with van der Waals surface area (Å²) in [4.78, 5) is 14.9. The summed E-state index contributed by atoms with van der Waals surface area (Å²) in [6.07, 6.45) is 4.05. The number of thiophene rings is 1. The van der Waals surface area contributed by atoms with Crippen molar-refractivity contribution in [2.24, 2.45) is 0 Å². The zero-order valence-electron chi connectivity index (χ0n) is 16.2. The van der Waals surface area contributed by atoms with E-state index < -0.39 is 5.63 Å². The minimum atomic E-state index is -0.449. The molecule has 0 spiro atoms.